The maximum atomic E-state index is 13.2. The maximum absolute atomic E-state index is 13.2. The van der Waals surface area contributed by atoms with Gasteiger partial charge in [0, 0.05) is 47.6 Å². The largest absolute Gasteiger partial charge is 0.497 e. The van der Waals surface area contributed by atoms with E-state index in [1.165, 1.54) is 11.3 Å². The number of halogens is 1. The van der Waals surface area contributed by atoms with Crippen LogP contribution in [0.1, 0.15) is 12.8 Å². The Kier molecular flexibility index (Phi) is 7.68. The Morgan fingerprint density at radius 1 is 1.25 bits per heavy atom. The number of carbonyl (C=O) groups is 1. The molecule has 0 N–H and O–H groups in total. The van der Waals surface area contributed by atoms with Crippen molar-refractivity contribution < 1.29 is 9.53 Å². The van der Waals surface area contributed by atoms with Crippen LogP contribution in [-0.2, 0) is 11.3 Å². The Morgan fingerprint density at radius 3 is 2.84 bits per heavy atom. The number of aryl methyl sites for hydroxylation is 1. The van der Waals surface area contributed by atoms with Crippen LogP contribution in [0.25, 0.3) is 10.2 Å². The third-order valence-corrected chi connectivity index (χ3v) is 7.18. The molecule has 0 saturated carbocycles. The van der Waals surface area contributed by atoms with Crippen molar-refractivity contribution in [3.8, 4) is 5.75 Å². The number of thioether (sulfide) groups is 1. The number of rotatable bonds is 10. The number of anilines is 1. The summed E-state index contributed by atoms with van der Waals surface area (Å²) in [7, 11) is 1.65. The van der Waals surface area contributed by atoms with Gasteiger partial charge in [-0.25, -0.2) is 9.97 Å². The molecule has 0 radical (unpaired) electrons. The standard InChI is InChI=1S/C23H23ClN4O2S2/c1-30-18-5-8-20-21(15-18)32-23(26-20)28(12-2-11-27-13-10-25-16-27)22(29)9-14-31-19-6-3-17(24)4-7-19/h3-8,10,13,15-16H,2,9,11-12,14H2,1H3. The van der Waals surface area contributed by atoms with Gasteiger partial charge in [0.05, 0.1) is 23.7 Å². The van der Waals surface area contributed by atoms with Crippen LogP contribution in [0.15, 0.2) is 66.1 Å². The molecule has 0 saturated heterocycles. The summed E-state index contributed by atoms with van der Waals surface area (Å²) in [6.45, 7) is 1.39. The molecule has 6 nitrogen and oxygen atoms in total. The smallest absolute Gasteiger partial charge is 0.229 e. The Morgan fingerprint density at radius 2 is 2.09 bits per heavy atom. The van der Waals surface area contributed by atoms with Gasteiger partial charge >= 0.3 is 0 Å². The van der Waals surface area contributed by atoms with E-state index in [4.69, 9.17) is 21.3 Å². The second kappa shape index (κ2) is 10.8. The molecule has 0 aliphatic rings. The molecule has 0 aliphatic heterocycles. The van der Waals surface area contributed by atoms with Crippen LogP contribution in [0.2, 0.25) is 5.02 Å². The number of imidazole rings is 1. The fourth-order valence-corrected chi connectivity index (χ4v) is 5.22. The topological polar surface area (TPSA) is 60.2 Å². The Labute approximate surface area is 200 Å². The van der Waals surface area contributed by atoms with E-state index in [1.54, 1.807) is 31.4 Å². The minimum Gasteiger partial charge on any atom is -0.497 e. The number of methoxy groups -OCH3 is 1. The summed E-state index contributed by atoms with van der Waals surface area (Å²) >= 11 is 9.12. The van der Waals surface area contributed by atoms with E-state index in [0.29, 0.717) is 23.7 Å². The Balaban J connectivity index is 1.45. The molecule has 0 atom stereocenters. The van der Waals surface area contributed by atoms with E-state index in [2.05, 4.69) is 4.98 Å². The van der Waals surface area contributed by atoms with Crippen molar-refractivity contribution in [3.05, 3.63) is 66.2 Å². The van der Waals surface area contributed by atoms with Crippen LogP contribution in [0.4, 0.5) is 5.13 Å². The van der Waals surface area contributed by atoms with E-state index < -0.39 is 0 Å². The fourth-order valence-electron chi connectivity index (χ4n) is 3.21. The summed E-state index contributed by atoms with van der Waals surface area (Å²) in [5.41, 5.74) is 0.869. The lowest BCUT2D eigenvalue weighted by Crippen LogP contribution is -2.32. The molecule has 0 unspecified atom stereocenters. The second-order valence-corrected chi connectivity index (χ2v) is 9.70. The summed E-state index contributed by atoms with van der Waals surface area (Å²) < 4.78 is 8.35. The van der Waals surface area contributed by atoms with Gasteiger partial charge in [-0.3, -0.25) is 9.69 Å². The highest BCUT2D eigenvalue weighted by atomic mass is 35.5. The monoisotopic (exact) mass is 486 g/mol. The number of hydrogen-bond donors (Lipinski definition) is 0. The highest BCUT2D eigenvalue weighted by Gasteiger charge is 2.19. The summed E-state index contributed by atoms with van der Waals surface area (Å²) in [5.74, 6) is 1.55. The van der Waals surface area contributed by atoms with Gasteiger partial charge in [-0.2, -0.15) is 0 Å². The van der Waals surface area contributed by atoms with Crippen LogP contribution in [0.3, 0.4) is 0 Å². The van der Waals surface area contributed by atoms with Crippen LogP contribution < -0.4 is 9.64 Å². The minimum absolute atomic E-state index is 0.0723. The first-order valence-electron chi connectivity index (χ1n) is 10.2. The normalized spacial score (nSPS) is 11.1. The molecule has 0 aliphatic carbocycles. The van der Waals surface area contributed by atoms with Gasteiger partial charge in [-0.15, -0.1) is 11.8 Å². The lowest BCUT2D eigenvalue weighted by Gasteiger charge is -2.20. The van der Waals surface area contributed by atoms with E-state index in [1.807, 2.05) is 58.1 Å². The molecule has 166 valence electrons. The zero-order valence-electron chi connectivity index (χ0n) is 17.6. The van der Waals surface area contributed by atoms with Crippen molar-refractivity contribution in [1.82, 2.24) is 14.5 Å². The number of nitrogens with zero attached hydrogens (tertiary/aromatic N) is 4. The summed E-state index contributed by atoms with van der Waals surface area (Å²) in [6, 6.07) is 13.5. The number of amides is 1. The number of ether oxygens (including phenoxy) is 1. The van der Waals surface area contributed by atoms with Crippen molar-refractivity contribution in [2.75, 3.05) is 24.3 Å². The van der Waals surface area contributed by atoms with Crippen molar-refractivity contribution in [2.24, 2.45) is 0 Å². The van der Waals surface area contributed by atoms with Crippen LogP contribution in [0.5, 0.6) is 5.75 Å². The molecule has 1 amide bonds. The number of fused-ring (bicyclic) bond motifs is 1. The highest BCUT2D eigenvalue weighted by Crippen LogP contribution is 2.32. The summed E-state index contributed by atoms with van der Waals surface area (Å²) in [4.78, 5) is 24.9. The van der Waals surface area contributed by atoms with Crippen molar-refractivity contribution in [2.45, 2.75) is 24.3 Å². The molecule has 32 heavy (non-hydrogen) atoms. The quantitative estimate of drug-likeness (QED) is 0.267. The fraction of sp³-hybridized carbons (Fsp3) is 0.261. The third-order valence-electron chi connectivity index (χ3n) is 4.87. The van der Waals surface area contributed by atoms with E-state index in [0.717, 1.165) is 39.0 Å². The van der Waals surface area contributed by atoms with Crippen LogP contribution in [0, 0.1) is 0 Å². The molecule has 2 heterocycles. The van der Waals surface area contributed by atoms with Gasteiger partial charge in [-0.05, 0) is 48.9 Å². The maximum Gasteiger partial charge on any atom is 0.229 e. The average molecular weight is 487 g/mol. The van der Waals surface area contributed by atoms with Crippen LogP contribution in [-0.4, -0.2) is 39.8 Å². The first kappa shape index (κ1) is 22.6. The van der Waals surface area contributed by atoms with Gasteiger partial charge in [0.1, 0.15) is 5.75 Å². The van der Waals surface area contributed by atoms with Gasteiger partial charge in [0.2, 0.25) is 5.91 Å². The number of benzene rings is 2. The number of hydrogen-bond acceptors (Lipinski definition) is 6. The SMILES string of the molecule is COc1ccc2nc(N(CCCn3ccnc3)C(=O)CCSc3ccc(Cl)cc3)sc2c1. The third kappa shape index (κ3) is 5.82. The van der Waals surface area contributed by atoms with Gasteiger partial charge < -0.3 is 9.30 Å². The zero-order chi connectivity index (χ0) is 22.3. The molecular formula is C23H23ClN4O2S2. The Bertz CT molecular complexity index is 1160. The van der Waals surface area contributed by atoms with Crippen molar-refractivity contribution in [1.29, 1.82) is 0 Å². The molecule has 0 spiro atoms. The Hall–Kier alpha value is -2.55. The van der Waals surface area contributed by atoms with Crippen LogP contribution >= 0.6 is 34.7 Å². The zero-order valence-corrected chi connectivity index (χ0v) is 20.0. The number of thiazole rings is 1. The van der Waals surface area contributed by atoms with Crippen molar-refractivity contribution >= 4 is 56.0 Å². The molecule has 4 aromatic rings. The lowest BCUT2D eigenvalue weighted by molar-refractivity contribution is -0.118. The van der Waals surface area contributed by atoms with Crippen molar-refractivity contribution in [3.63, 3.8) is 0 Å². The van der Waals surface area contributed by atoms with Gasteiger partial charge in [0.15, 0.2) is 5.13 Å². The van der Waals surface area contributed by atoms with E-state index in [-0.39, 0.29) is 5.91 Å². The average Bonchev–Trinajstić information content (AvgIpc) is 3.47. The molecule has 2 aromatic heterocycles. The first-order valence-corrected chi connectivity index (χ1v) is 12.4. The van der Waals surface area contributed by atoms with E-state index >= 15 is 0 Å². The molecule has 4 rings (SSSR count). The summed E-state index contributed by atoms with van der Waals surface area (Å²) in [5, 5.41) is 1.43. The van der Waals surface area contributed by atoms with Gasteiger partial charge in [0.25, 0.3) is 0 Å². The minimum atomic E-state index is 0.0723. The van der Waals surface area contributed by atoms with E-state index in [9.17, 15) is 4.79 Å². The molecular weight excluding hydrogens is 464 g/mol. The first-order chi connectivity index (χ1) is 15.6. The predicted molar refractivity (Wildman–Crippen MR) is 132 cm³/mol. The van der Waals surface area contributed by atoms with Gasteiger partial charge in [-0.1, -0.05) is 22.9 Å². The molecule has 0 bridgehead atoms. The number of carbonyl (C=O) groups excluding carboxylic acids is 1. The summed E-state index contributed by atoms with van der Waals surface area (Å²) in [6.07, 6.45) is 6.72. The lowest BCUT2D eigenvalue weighted by atomic mass is 10.3. The molecule has 9 heteroatoms. The highest BCUT2D eigenvalue weighted by molar-refractivity contribution is 7.99. The number of aromatic nitrogens is 3. The second-order valence-electron chi connectivity index (χ2n) is 7.08. The molecule has 2 aromatic carbocycles. The predicted octanol–water partition coefficient (Wildman–Crippen LogP) is 5.76. The molecule has 0 fully saturated rings.